The van der Waals surface area contributed by atoms with Crippen LogP contribution in [0.4, 0.5) is 0 Å². The maximum Gasteiger partial charge on any atom is 0.108 e. The lowest BCUT2D eigenvalue weighted by Gasteiger charge is -1.93. The highest BCUT2D eigenvalue weighted by atomic mass is 32.2. The predicted molar refractivity (Wildman–Crippen MR) is 81.6 cm³/mol. The molecule has 0 spiro atoms. The van der Waals surface area contributed by atoms with Crippen molar-refractivity contribution < 1.29 is 0 Å². The third-order valence-electron chi connectivity index (χ3n) is 2.16. The maximum absolute atomic E-state index is 2.26. The smallest absolute Gasteiger partial charge is 0.108 e. The molecule has 0 atom stereocenters. The van der Waals surface area contributed by atoms with Crippen LogP contribution in [0.3, 0.4) is 0 Å². The van der Waals surface area contributed by atoms with Crippen LogP contribution in [0.5, 0.6) is 0 Å². The Balaban J connectivity index is 2.32. The Morgan fingerprint density at radius 2 is 0.812 bits per heavy atom. The van der Waals surface area contributed by atoms with Crippen LogP contribution in [-0.2, 0) is 0 Å². The summed E-state index contributed by atoms with van der Waals surface area (Å²) in [5.41, 5.74) is 0. The highest BCUT2D eigenvalue weighted by Crippen LogP contribution is 2.36. The molecule has 2 aromatic rings. The van der Waals surface area contributed by atoms with E-state index in [2.05, 4.69) is 21.5 Å². The van der Waals surface area contributed by atoms with Crippen molar-refractivity contribution in [1.29, 1.82) is 0 Å². The first-order chi connectivity index (χ1) is 7.90. The molecule has 6 heteroatoms. The third kappa shape index (κ3) is 1.48. The summed E-state index contributed by atoms with van der Waals surface area (Å²) in [7, 11) is 0. The summed E-state index contributed by atoms with van der Waals surface area (Å²) in [6.07, 6.45) is 0. The summed E-state index contributed by atoms with van der Waals surface area (Å²) in [5.74, 6) is 0. The maximum atomic E-state index is 2.26. The van der Waals surface area contributed by atoms with Gasteiger partial charge >= 0.3 is 0 Å². The molecule has 0 unspecified atom stereocenters. The van der Waals surface area contributed by atoms with Gasteiger partial charge in [0.15, 0.2) is 0 Å². The number of hydrogen-bond donors (Lipinski definition) is 0. The zero-order valence-corrected chi connectivity index (χ0v) is 12.7. The van der Waals surface area contributed by atoms with Gasteiger partial charge < -0.3 is 0 Å². The zero-order chi connectivity index (χ0) is 10.5. The van der Waals surface area contributed by atoms with Gasteiger partial charge in [-0.15, -0.1) is 68.0 Å². The molecule has 16 heavy (non-hydrogen) atoms. The van der Waals surface area contributed by atoms with Crippen LogP contribution in [0.2, 0.25) is 0 Å². The van der Waals surface area contributed by atoms with E-state index in [1.807, 2.05) is 45.3 Å². The Hall–Kier alpha value is 0.0200. The second-order valence-electron chi connectivity index (χ2n) is 3.18. The minimum Gasteiger partial charge on any atom is -0.149 e. The van der Waals surface area contributed by atoms with E-state index in [-0.39, 0.29) is 0 Å². The molecule has 0 N–H and O–H groups in total. The van der Waals surface area contributed by atoms with E-state index in [0.717, 1.165) is 0 Å². The summed E-state index contributed by atoms with van der Waals surface area (Å²) in [5, 5.41) is 9.02. The van der Waals surface area contributed by atoms with Gasteiger partial charge in [-0.3, -0.25) is 0 Å². The summed E-state index contributed by atoms with van der Waals surface area (Å²) >= 11 is 11.3. The van der Waals surface area contributed by atoms with E-state index in [9.17, 15) is 0 Å². The number of rotatable bonds is 0. The number of fused-ring (bicyclic) bond motifs is 2. The Morgan fingerprint density at radius 3 is 1.12 bits per heavy atom. The second-order valence-corrected chi connectivity index (χ2v) is 9.40. The topological polar surface area (TPSA) is 0 Å². The van der Waals surface area contributed by atoms with Crippen molar-refractivity contribution in [2.75, 3.05) is 0 Å². The summed E-state index contributed by atoms with van der Waals surface area (Å²) in [4.78, 5) is 0. The zero-order valence-electron chi connectivity index (χ0n) is 7.76. The number of hydrogen-bond acceptors (Lipinski definition) is 6. The Kier molecular flexibility index (Phi) is 2.35. The largest absolute Gasteiger partial charge is 0.149 e. The van der Waals surface area contributed by atoms with Gasteiger partial charge in [-0.05, 0) is 0 Å². The van der Waals surface area contributed by atoms with Crippen LogP contribution in [0, 0.1) is 7.69 Å². The summed E-state index contributed by atoms with van der Waals surface area (Å²) in [6.45, 7) is 0. The molecular formula is C10H4S6. The molecule has 2 aliphatic rings. The monoisotopic (exact) mass is 316 g/mol. The fourth-order valence-corrected chi connectivity index (χ4v) is 9.01. The van der Waals surface area contributed by atoms with Gasteiger partial charge in [0, 0.05) is 21.5 Å². The van der Waals surface area contributed by atoms with E-state index in [1.165, 1.54) is 26.5 Å². The van der Waals surface area contributed by atoms with Crippen molar-refractivity contribution >= 4 is 86.8 Å². The Morgan fingerprint density at radius 1 is 0.500 bits per heavy atom. The lowest BCUT2D eigenvalue weighted by molar-refractivity contribution is 2.17. The van der Waals surface area contributed by atoms with Crippen LogP contribution >= 0.6 is 68.0 Å². The fourth-order valence-electron chi connectivity index (χ4n) is 1.45. The molecule has 0 amide bonds. The molecule has 0 aromatic carbocycles. The Bertz CT molecular complexity index is 722. The molecule has 2 aromatic heterocycles. The molecule has 0 aliphatic carbocycles. The van der Waals surface area contributed by atoms with Gasteiger partial charge in [-0.1, -0.05) is 0 Å². The molecule has 4 heterocycles. The Labute approximate surface area is 115 Å². The fraction of sp³-hybridized carbons (Fsp3) is 0. The average Bonchev–Trinajstić information content (AvgIpc) is 2.89. The SMILES string of the molecule is c1scc2sc3sc4cscc4sc=3sc12. The second kappa shape index (κ2) is 3.76. The molecule has 0 saturated heterocycles. The van der Waals surface area contributed by atoms with E-state index in [4.69, 9.17) is 0 Å². The molecule has 0 bridgehead atoms. The van der Waals surface area contributed by atoms with Crippen molar-refractivity contribution in [1.82, 2.24) is 0 Å². The van der Waals surface area contributed by atoms with E-state index < -0.39 is 0 Å². The quantitative estimate of drug-likeness (QED) is 0.362. The van der Waals surface area contributed by atoms with Gasteiger partial charge in [0.1, 0.15) is 7.69 Å². The molecule has 0 radical (unpaired) electrons. The molecular weight excluding hydrogens is 313 g/mol. The van der Waals surface area contributed by atoms with Crippen LogP contribution in [-0.4, -0.2) is 0 Å². The van der Waals surface area contributed by atoms with E-state index in [1.54, 1.807) is 22.7 Å². The van der Waals surface area contributed by atoms with Crippen molar-refractivity contribution in [2.45, 2.75) is 0 Å². The van der Waals surface area contributed by atoms with Crippen LogP contribution in [0.25, 0.3) is 18.8 Å². The van der Waals surface area contributed by atoms with Crippen molar-refractivity contribution in [3.63, 3.8) is 0 Å². The van der Waals surface area contributed by atoms with E-state index in [0.29, 0.717) is 0 Å². The average molecular weight is 317 g/mol. The summed E-state index contributed by atoms with van der Waals surface area (Å²) in [6, 6.07) is 0. The lowest BCUT2D eigenvalue weighted by atomic mass is 10.7. The standard InChI is InChI=1S/C10H4S6/c1-5-6(2-11-1)14-10-9(13-5)15-7-3-12-4-8(7)16-10/h1-4H. The number of thiophene rings is 2. The first kappa shape index (κ1) is 9.99. The van der Waals surface area contributed by atoms with Crippen LogP contribution in [0.1, 0.15) is 0 Å². The third-order valence-corrected chi connectivity index (χ3v) is 9.81. The highest BCUT2D eigenvalue weighted by molar-refractivity contribution is 7.43. The molecule has 2 aliphatic heterocycles. The molecule has 80 valence electrons. The molecule has 0 saturated carbocycles. The minimum atomic E-state index is 1.43. The van der Waals surface area contributed by atoms with Crippen LogP contribution in [0.15, 0.2) is 21.5 Å². The molecule has 0 fully saturated rings. The van der Waals surface area contributed by atoms with Gasteiger partial charge in [0.2, 0.25) is 0 Å². The first-order valence-corrected chi connectivity index (χ1v) is 9.63. The van der Waals surface area contributed by atoms with Crippen molar-refractivity contribution in [2.24, 2.45) is 0 Å². The lowest BCUT2D eigenvalue weighted by Crippen LogP contribution is -1.62. The molecule has 4 rings (SSSR count). The van der Waals surface area contributed by atoms with Crippen molar-refractivity contribution in [3.05, 3.63) is 29.2 Å². The van der Waals surface area contributed by atoms with Crippen LogP contribution < -0.4 is 0 Å². The van der Waals surface area contributed by atoms with E-state index >= 15 is 0 Å². The van der Waals surface area contributed by atoms with Gasteiger partial charge in [-0.25, -0.2) is 0 Å². The predicted octanol–water partition coefficient (Wildman–Crippen LogP) is 6.21. The first-order valence-electron chi connectivity index (χ1n) is 4.48. The van der Waals surface area contributed by atoms with Gasteiger partial charge in [0.25, 0.3) is 0 Å². The van der Waals surface area contributed by atoms with Gasteiger partial charge in [-0.2, -0.15) is 0 Å². The molecule has 0 nitrogen and oxygen atoms in total. The van der Waals surface area contributed by atoms with Crippen molar-refractivity contribution in [3.8, 4) is 0 Å². The van der Waals surface area contributed by atoms with Gasteiger partial charge in [0.05, 0.1) is 18.8 Å². The summed E-state index contributed by atoms with van der Waals surface area (Å²) < 4.78 is 8.65. The minimum absolute atomic E-state index is 1.43. The highest BCUT2D eigenvalue weighted by Gasteiger charge is 2.02. The normalized spacial score (nSPS) is 11.8.